The van der Waals surface area contributed by atoms with Crippen molar-refractivity contribution in [2.45, 2.75) is 26.3 Å². The van der Waals surface area contributed by atoms with E-state index in [0.717, 1.165) is 18.7 Å². The molecule has 0 aliphatic carbocycles. The van der Waals surface area contributed by atoms with Crippen LogP contribution < -0.4 is 5.32 Å². The van der Waals surface area contributed by atoms with Crippen molar-refractivity contribution in [3.8, 4) is 6.07 Å². The van der Waals surface area contributed by atoms with Crippen molar-refractivity contribution in [2.75, 3.05) is 6.54 Å². The number of nitrogens with one attached hydrogen (secondary N) is 1. The highest BCUT2D eigenvalue weighted by Gasteiger charge is 2.05. The Kier molecular flexibility index (Phi) is 4.35. The standard InChI is InChI=1S/C10H14N4O/c1-2-3-9-12-6-7-14(9)8-10(15)13-5-4-11/h6-7H,2-3,5,8H2,1H3,(H,13,15). The number of aromatic nitrogens is 2. The summed E-state index contributed by atoms with van der Waals surface area (Å²) in [6, 6.07) is 1.86. The number of carbonyl (C=O) groups excluding carboxylic acids is 1. The van der Waals surface area contributed by atoms with Crippen LogP contribution in [0.5, 0.6) is 0 Å². The van der Waals surface area contributed by atoms with E-state index >= 15 is 0 Å². The van der Waals surface area contributed by atoms with Crippen molar-refractivity contribution in [3.05, 3.63) is 18.2 Å². The van der Waals surface area contributed by atoms with Crippen molar-refractivity contribution in [3.63, 3.8) is 0 Å². The van der Waals surface area contributed by atoms with E-state index in [1.165, 1.54) is 0 Å². The number of nitriles is 1. The zero-order chi connectivity index (χ0) is 11.1. The molecule has 1 amide bonds. The molecule has 5 nitrogen and oxygen atoms in total. The van der Waals surface area contributed by atoms with E-state index in [1.807, 2.05) is 6.07 Å². The van der Waals surface area contributed by atoms with E-state index in [2.05, 4.69) is 17.2 Å². The molecule has 5 heteroatoms. The topological polar surface area (TPSA) is 70.7 Å². The summed E-state index contributed by atoms with van der Waals surface area (Å²) >= 11 is 0. The van der Waals surface area contributed by atoms with Gasteiger partial charge in [0.2, 0.25) is 5.91 Å². The van der Waals surface area contributed by atoms with Gasteiger partial charge in [0.25, 0.3) is 0 Å². The number of nitrogens with zero attached hydrogens (tertiary/aromatic N) is 3. The molecule has 80 valence electrons. The van der Waals surface area contributed by atoms with Gasteiger partial charge >= 0.3 is 0 Å². The first kappa shape index (κ1) is 11.2. The SMILES string of the molecule is CCCc1nccn1CC(=O)NCC#N. The molecule has 1 aromatic rings. The summed E-state index contributed by atoms with van der Waals surface area (Å²) in [4.78, 5) is 15.5. The van der Waals surface area contributed by atoms with Crippen LogP contribution in [0.2, 0.25) is 0 Å². The smallest absolute Gasteiger partial charge is 0.240 e. The summed E-state index contributed by atoms with van der Waals surface area (Å²) in [5, 5.41) is 10.8. The molecule has 0 aliphatic rings. The molecule has 1 aromatic heterocycles. The van der Waals surface area contributed by atoms with Crippen molar-refractivity contribution in [1.82, 2.24) is 14.9 Å². The predicted octanol–water partition coefficient (Wildman–Crippen LogP) is 0.475. The van der Waals surface area contributed by atoms with Gasteiger partial charge < -0.3 is 9.88 Å². The third-order valence-corrected chi connectivity index (χ3v) is 1.95. The quantitative estimate of drug-likeness (QED) is 0.712. The molecule has 0 saturated carbocycles. The monoisotopic (exact) mass is 206 g/mol. The minimum atomic E-state index is -0.160. The van der Waals surface area contributed by atoms with E-state index in [9.17, 15) is 4.79 Å². The lowest BCUT2D eigenvalue weighted by atomic mass is 10.3. The molecular formula is C10H14N4O. The van der Waals surface area contributed by atoms with Gasteiger partial charge in [-0.1, -0.05) is 6.92 Å². The minimum Gasteiger partial charge on any atom is -0.341 e. The first-order chi connectivity index (χ1) is 7.27. The number of amides is 1. The second-order valence-corrected chi connectivity index (χ2v) is 3.16. The first-order valence-electron chi connectivity index (χ1n) is 4.91. The molecule has 0 unspecified atom stereocenters. The summed E-state index contributed by atoms with van der Waals surface area (Å²) in [5.74, 6) is 0.747. The summed E-state index contributed by atoms with van der Waals surface area (Å²) in [7, 11) is 0. The highest BCUT2D eigenvalue weighted by atomic mass is 16.1. The van der Waals surface area contributed by atoms with Gasteiger partial charge in [-0.25, -0.2) is 4.98 Å². The Bertz CT molecular complexity index is 364. The molecule has 0 spiro atoms. The highest BCUT2D eigenvalue weighted by Crippen LogP contribution is 2.00. The second kappa shape index (κ2) is 5.81. The van der Waals surface area contributed by atoms with Crippen LogP contribution in [0.15, 0.2) is 12.4 Å². The van der Waals surface area contributed by atoms with Crippen LogP contribution in [0.3, 0.4) is 0 Å². The van der Waals surface area contributed by atoms with Crippen LogP contribution in [0, 0.1) is 11.3 Å². The zero-order valence-electron chi connectivity index (χ0n) is 8.73. The fourth-order valence-corrected chi connectivity index (χ4v) is 1.28. The predicted molar refractivity (Wildman–Crippen MR) is 54.8 cm³/mol. The molecule has 0 saturated heterocycles. The van der Waals surface area contributed by atoms with Crippen LogP contribution >= 0.6 is 0 Å². The Morgan fingerprint density at radius 3 is 3.20 bits per heavy atom. The lowest BCUT2D eigenvalue weighted by Crippen LogP contribution is -2.28. The van der Waals surface area contributed by atoms with Gasteiger partial charge in [0.1, 0.15) is 18.9 Å². The van der Waals surface area contributed by atoms with E-state index in [1.54, 1.807) is 17.0 Å². The molecule has 0 fully saturated rings. The average molecular weight is 206 g/mol. The average Bonchev–Trinajstić information content (AvgIpc) is 2.63. The molecular weight excluding hydrogens is 192 g/mol. The van der Waals surface area contributed by atoms with Crippen LogP contribution in [-0.4, -0.2) is 22.0 Å². The number of hydrogen-bond acceptors (Lipinski definition) is 3. The number of aryl methyl sites for hydroxylation is 1. The summed E-state index contributed by atoms with van der Waals surface area (Å²) in [5.41, 5.74) is 0. The molecule has 15 heavy (non-hydrogen) atoms. The first-order valence-corrected chi connectivity index (χ1v) is 4.91. The lowest BCUT2D eigenvalue weighted by molar-refractivity contribution is -0.121. The molecule has 0 atom stereocenters. The fraction of sp³-hybridized carbons (Fsp3) is 0.500. The van der Waals surface area contributed by atoms with Gasteiger partial charge in [-0.3, -0.25) is 4.79 Å². The van der Waals surface area contributed by atoms with E-state index in [0.29, 0.717) is 0 Å². The normalized spacial score (nSPS) is 9.60. The molecule has 0 bridgehead atoms. The van der Waals surface area contributed by atoms with E-state index in [-0.39, 0.29) is 19.0 Å². The second-order valence-electron chi connectivity index (χ2n) is 3.16. The Labute approximate surface area is 88.7 Å². The Morgan fingerprint density at radius 1 is 1.73 bits per heavy atom. The van der Waals surface area contributed by atoms with Crippen LogP contribution in [-0.2, 0) is 17.8 Å². The molecule has 0 aliphatic heterocycles. The van der Waals surface area contributed by atoms with Gasteiger partial charge in [0, 0.05) is 18.8 Å². The van der Waals surface area contributed by atoms with Crippen molar-refractivity contribution in [1.29, 1.82) is 5.26 Å². The molecule has 1 heterocycles. The van der Waals surface area contributed by atoms with Crippen LogP contribution in [0.25, 0.3) is 0 Å². The maximum Gasteiger partial charge on any atom is 0.240 e. The maximum absolute atomic E-state index is 11.3. The van der Waals surface area contributed by atoms with Gasteiger partial charge in [-0.05, 0) is 6.42 Å². The molecule has 1 N–H and O–H groups in total. The van der Waals surface area contributed by atoms with Crippen molar-refractivity contribution in [2.24, 2.45) is 0 Å². The summed E-state index contributed by atoms with van der Waals surface area (Å²) < 4.78 is 1.80. The largest absolute Gasteiger partial charge is 0.341 e. The highest BCUT2D eigenvalue weighted by molar-refractivity contribution is 5.75. The van der Waals surface area contributed by atoms with Gasteiger partial charge in [-0.2, -0.15) is 5.26 Å². The van der Waals surface area contributed by atoms with E-state index in [4.69, 9.17) is 5.26 Å². The Balaban J connectivity index is 2.52. The Hall–Kier alpha value is -1.83. The van der Waals surface area contributed by atoms with E-state index < -0.39 is 0 Å². The summed E-state index contributed by atoms with van der Waals surface area (Å²) in [6.45, 7) is 2.35. The fourth-order valence-electron chi connectivity index (χ4n) is 1.28. The van der Waals surface area contributed by atoms with Crippen LogP contribution in [0.1, 0.15) is 19.2 Å². The minimum absolute atomic E-state index is 0.0522. The molecule has 0 aromatic carbocycles. The number of imidazole rings is 1. The summed E-state index contributed by atoms with van der Waals surface area (Å²) in [6.07, 6.45) is 5.31. The van der Waals surface area contributed by atoms with Crippen molar-refractivity contribution < 1.29 is 4.79 Å². The molecule has 0 radical (unpaired) electrons. The van der Waals surface area contributed by atoms with Crippen LogP contribution in [0.4, 0.5) is 0 Å². The lowest BCUT2D eigenvalue weighted by Gasteiger charge is -2.06. The maximum atomic E-state index is 11.3. The third-order valence-electron chi connectivity index (χ3n) is 1.95. The van der Waals surface area contributed by atoms with Gasteiger partial charge in [0.15, 0.2) is 0 Å². The molecule has 1 rings (SSSR count). The zero-order valence-corrected chi connectivity index (χ0v) is 8.73. The number of hydrogen-bond donors (Lipinski definition) is 1. The van der Waals surface area contributed by atoms with Gasteiger partial charge in [0.05, 0.1) is 6.07 Å². The van der Waals surface area contributed by atoms with Gasteiger partial charge in [-0.15, -0.1) is 0 Å². The Morgan fingerprint density at radius 2 is 2.53 bits per heavy atom. The number of rotatable bonds is 5. The number of carbonyl (C=O) groups is 1. The third kappa shape index (κ3) is 3.43. The van der Waals surface area contributed by atoms with Crippen molar-refractivity contribution >= 4 is 5.91 Å².